The summed E-state index contributed by atoms with van der Waals surface area (Å²) in [4.78, 5) is 26.4. The molecule has 1 aliphatic heterocycles. The molecule has 0 radical (unpaired) electrons. The molecular weight excluding hydrogens is 335 g/mol. The van der Waals surface area contributed by atoms with E-state index in [1.807, 2.05) is 19.9 Å². The molecule has 0 spiro atoms. The third kappa shape index (κ3) is 3.57. The first-order valence-corrected chi connectivity index (χ1v) is 9.68. The van der Waals surface area contributed by atoms with Gasteiger partial charge < -0.3 is 15.5 Å². The number of alkyl halides is 1. The summed E-state index contributed by atoms with van der Waals surface area (Å²) in [5.74, 6) is -0.0363. The number of amides is 2. The molecule has 3 saturated carbocycles. The Balaban J connectivity index is 1.54. The number of nitrogens with one attached hydrogen (secondary N) is 2. The Bertz CT molecular complexity index is 591. The standard InChI is InChI=1S/C19H29FN4O2/c1-13(2)23-17(26)18-3-6-19(7-4-18,8-5-18)22-11-16(25)24-12-14(20)9-15(24)10-21/h13-15,22H,3-9,11-12H2,1-2H3,(H,23,26)/t14-,15-,18?,19?/m0/s1. The van der Waals surface area contributed by atoms with Crippen LogP contribution in [0.3, 0.4) is 0 Å². The third-order valence-electron chi connectivity index (χ3n) is 6.48. The van der Waals surface area contributed by atoms with Crippen LogP contribution in [0.2, 0.25) is 0 Å². The van der Waals surface area contributed by atoms with Gasteiger partial charge in [-0.25, -0.2) is 4.39 Å². The maximum atomic E-state index is 13.5. The minimum absolute atomic E-state index is 0.0181. The highest BCUT2D eigenvalue weighted by molar-refractivity contribution is 5.83. The number of nitriles is 1. The highest BCUT2D eigenvalue weighted by Gasteiger charge is 2.52. The van der Waals surface area contributed by atoms with E-state index in [0.29, 0.717) is 0 Å². The second-order valence-electron chi connectivity index (χ2n) is 8.57. The number of nitrogens with zero attached hydrogens (tertiary/aromatic N) is 2. The molecule has 2 bridgehead atoms. The number of rotatable bonds is 5. The van der Waals surface area contributed by atoms with Gasteiger partial charge in [0, 0.05) is 23.4 Å². The molecule has 4 fully saturated rings. The van der Waals surface area contributed by atoms with Gasteiger partial charge in [-0.05, 0) is 52.4 Å². The van der Waals surface area contributed by atoms with Crippen LogP contribution in [-0.4, -0.2) is 53.6 Å². The normalized spacial score (nSPS) is 36.2. The monoisotopic (exact) mass is 364 g/mol. The fraction of sp³-hybridized carbons (Fsp3) is 0.842. The predicted octanol–water partition coefficient (Wildman–Crippen LogP) is 1.66. The molecule has 0 aromatic heterocycles. The average Bonchev–Trinajstić information content (AvgIpc) is 3.02. The lowest BCUT2D eigenvalue weighted by Gasteiger charge is -2.53. The predicted molar refractivity (Wildman–Crippen MR) is 94.8 cm³/mol. The maximum absolute atomic E-state index is 13.5. The summed E-state index contributed by atoms with van der Waals surface area (Å²) in [5.41, 5.74) is -0.355. The van der Waals surface area contributed by atoms with Crippen molar-refractivity contribution in [3.05, 3.63) is 0 Å². The molecule has 2 atom stereocenters. The molecule has 1 heterocycles. The highest BCUT2D eigenvalue weighted by atomic mass is 19.1. The topological polar surface area (TPSA) is 85.2 Å². The second kappa shape index (κ2) is 7.15. The van der Waals surface area contributed by atoms with Gasteiger partial charge in [0.1, 0.15) is 12.2 Å². The van der Waals surface area contributed by atoms with Crippen LogP contribution >= 0.6 is 0 Å². The van der Waals surface area contributed by atoms with Gasteiger partial charge in [0.05, 0.1) is 19.2 Å². The van der Waals surface area contributed by atoms with E-state index < -0.39 is 12.2 Å². The lowest BCUT2D eigenvalue weighted by atomic mass is 9.57. The number of halogens is 1. The van der Waals surface area contributed by atoms with Gasteiger partial charge >= 0.3 is 0 Å². The van der Waals surface area contributed by atoms with Gasteiger partial charge in [-0.2, -0.15) is 5.26 Å². The molecule has 7 heteroatoms. The summed E-state index contributed by atoms with van der Waals surface area (Å²) < 4.78 is 13.5. The Hall–Kier alpha value is -1.68. The van der Waals surface area contributed by atoms with E-state index in [2.05, 4.69) is 10.6 Å². The zero-order chi connectivity index (χ0) is 18.9. The number of hydrogen-bond acceptors (Lipinski definition) is 4. The lowest BCUT2D eigenvalue weighted by molar-refractivity contribution is -0.140. The van der Waals surface area contributed by atoms with Crippen molar-refractivity contribution in [2.24, 2.45) is 5.41 Å². The summed E-state index contributed by atoms with van der Waals surface area (Å²) in [6, 6.07) is 1.52. The number of carbonyl (C=O) groups excluding carboxylic acids is 2. The number of carbonyl (C=O) groups is 2. The largest absolute Gasteiger partial charge is 0.353 e. The van der Waals surface area contributed by atoms with Crippen molar-refractivity contribution in [1.82, 2.24) is 15.5 Å². The molecule has 2 N–H and O–H groups in total. The molecule has 0 aromatic rings. The SMILES string of the molecule is CC(C)NC(=O)C12CCC(NCC(=O)N3C[C@@H](F)C[C@H]3C#N)(CC1)CC2. The first kappa shape index (κ1) is 19.1. The van der Waals surface area contributed by atoms with Gasteiger partial charge in [0.15, 0.2) is 0 Å². The maximum Gasteiger partial charge on any atom is 0.237 e. The molecule has 0 aromatic carbocycles. The Morgan fingerprint density at radius 2 is 1.85 bits per heavy atom. The minimum atomic E-state index is -1.11. The Morgan fingerprint density at radius 1 is 1.23 bits per heavy atom. The van der Waals surface area contributed by atoms with Crippen LogP contribution < -0.4 is 10.6 Å². The Labute approximate surface area is 154 Å². The summed E-state index contributed by atoms with van der Waals surface area (Å²) in [6.07, 6.45) is 4.14. The fourth-order valence-corrected chi connectivity index (χ4v) is 4.75. The van der Waals surface area contributed by atoms with Gasteiger partial charge in [0.25, 0.3) is 0 Å². The third-order valence-corrected chi connectivity index (χ3v) is 6.48. The zero-order valence-corrected chi connectivity index (χ0v) is 15.7. The highest BCUT2D eigenvalue weighted by Crippen LogP contribution is 2.52. The molecule has 3 aliphatic carbocycles. The van der Waals surface area contributed by atoms with Crippen molar-refractivity contribution in [3.63, 3.8) is 0 Å². The number of likely N-dealkylation sites (tertiary alicyclic amines) is 1. The van der Waals surface area contributed by atoms with Crippen LogP contribution in [0.5, 0.6) is 0 Å². The van der Waals surface area contributed by atoms with E-state index in [1.165, 1.54) is 4.90 Å². The lowest BCUT2D eigenvalue weighted by Crippen LogP contribution is -2.60. The molecule has 4 aliphatic rings. The van der Waals surface area contributed by atoms with E-state index in [4.69, 9.17) is 5.26 Å². The first-order chi connectivity index (χ1) is 12.3. The second-order valence-corrected chi connectivity index (χ2v) is 8.57. The summed E-state index contributed by atoms with van der Waals surface area (Å²) in [7, 11) is 0. The molecule has 144 valence electrons. The molecule has 4 rings (SSSR count). The minimum Gasteiger partial charge on any atom is -0.353 e. The first-order valence-electron chi connectivity index (χ1n) is 9.68. The summed E-state index contributed by atoms with van der Waals surface area (Å²) in [5, 5.41) is 15.6. The van der Waals surface area contributed by atoms with Crippen molar-refractivity contribution < 1.29 is 14.0 Å². The van der Waals surface area contributed by atoms with Crippen molar-refractivity contribution in [2.45, 2.75) is 82.6 Å². The summed E-state index contributed by atoms with van der Waals surface area (Å²) in [6.45, 7) is 4.11. The van der Waals surface area contributed by atoms with Crippen LogP contribution in [-0.2, 0) is 9.59 Å². The van der Waals surface area contributed by atoms with Gasteiger partial charge in [0.2, 0.25) is 11.8 Å². The van der Waals surface area contributed by atoms with Crippen LogP contribution in [0.4, 0.5) is 4.39 Å². The molecule has 1 saturated heterocycles. The molecule has 2 amide bonds. The zero-order valence-electron chi connectivity index (χ0n) is 15.7. The smallest absolute Gasteiger partial charge is 0.237 e. The Morgan fingerprint density at radius 3 is 2.38 bits per heavy atom. The van der Waals surface area contributed by atoms with E-state index in [1.54, 1.807) is 0 Å². The summed E-state index contributed by atoms with van der Waals surface area (Å²) >= 11 is 0. The van der Waals surface area contributed by atoms with Crippen LogP contribution in [0.25, 0.3) is 0 Å². The Kier molecular flexibility index (Phi) is 5.25. The molecule has 6 nitrogen and oxygen atoms in total. The van der Waals surface area contributed by atoms with E-state index in [-0.39, 0.29) is 48.3 Å². The van der Waals surface area contributed by atoms with Crippen molar-refractivity contribution in [3.8, 4) is 6.07 Å². The molecule has 0 unspecified atom stereocenters. The number of fused-ring (bicyclic) bond motifs is 3. The van der Waals surface area contributed by atoms with Gasteiger partial charge in [-0.3, -0.25) is 9.59 Å². The molecular formula is C19H29FN4O2. The van der Waals surface area contributed by atoms with Gasteiger partial charge in [-0.15, -0.1) is 0 Å². The van der Waals surface area contributed by atoms with Gasteiger partial charge in [-0.1, -0.05) is 0 Å². The van der Waals surface area contributed by atoms with E-state index in [0.717, 1.165) is 38.5 Å². The van der Waals surface area contributed by atoms with Crippen LogP contribution in [0.1, 0.15) is 58.8 Å². The van der Waals surface area contributed by atoms with Crippen molar-refractivity contribution in [1.29, 1.82) is 5.26 Å². The quantitative estimate of drug-likeness (QED) is 0.777. The van der Waals surface area contributed by atoms with E-state index in [9.17, 15) is 14.0 Å². The fourth-order valence-electron chi connectivity index (χ4n) is 4.75. The molecule has 26 heavy (non-hydrogen) atoms. The van der Waals surface area contributed by atoms with Crippen molar-refractivity contribution >= 4 is 11.8 Å². The number of hydrogen-bond donors (Lipinski definition) is 2. The van der Waals surface area contributed by atoms with Crippen LogP contribution in [0, 0.1) is 16.7 Å². The van der Waals surface area contributed by atoms with Crippen molar-refractivity contribution in [2.75, 3.05) is 13.1 Å². The van der Waals surface area contributed by atoms with E-state index >= 15 is 0 Å². The van der Waals surface area contributed by atoms with Crippen LogP contribution in [0.15, 0.2) is 0 Å². The average molecular weight is 364 g/mol.